The lowest BCUT2D eigenvalue weighted by atomic mass is 9.59. The second kappa shape index (κ2) is 19.4. The fourth-order valence-electron chi connectivity index (χ4n) is 11.3. The Bertz CT molecular complexity index is 1620. The van der Waals surface area contributed by atoms with E-state index in [1.54, 1.807) is 12.7 Å². The van der Waals surface area contributed by atoms with E-state index in [4.69, 9.17) is 28.4 Å². The number of aliphatic hydroxyl groups is 1. The van der Waals surface area contributed by atoms with Crippen LogP contribution >= 0.6 is 0 Å². The normalized spacial score (nSPS) is 34.9. The molecule has 1 N–H and O–H groups in total. The van der Waals surface area contributed by atoms with Gasteiger partial charge in [0.1, 0.15) is 30.7 Å². The zero-order valence-corrected chi connectivity index (χ0v) is 39.8. The van der Waals surface area contributed by atoms with E-state index >= 15 is 0 Å². The lowest BCUT2D eigenvalue weighted by Gasteiger charge is -2.49. The van der Waals surface area contributed by atoms with E-state index in [0.717, 1.165) is 25.6 Å². The Morgan fingerprint density at radius 1 is 0.483 bits per heavy atom. The molecule has 0 radical (unpaired) electrons. The summed E-state index contributed by atoms with van der Waals surface area (Å²) >= 11 is 0. The maximum absolute atomic E-state index is 10.1. The molecule has 2 aliphatic carbocycles. The Morgan fingerprint density at radius 3 is 1.21 bits per heavy atom. The van der Waals surface area contributed by atoms with Gasteiger partial charge in [0.2, 0.25) is 0 Å². The van der Waals surface area contributed by atoms with Crippen molar-refractivity contribution in [1.29, 1.82) is 0 Å². The van der Waals surface area contributed by atoms with Crippen LogP contribution in [0.2, 0.25) is 0 Å². The first-order chi connectivity index (χ1) is 27.3. The lowest BCUT2D eigenvalue weighted by molar-refractivity contribution is -0.112. The van der Waals surface area contributed by atoms with Gasteiger partial charge < -0.3 is 33.5 Å². The Hall–Kier alpha value is -2.00. The molecule has 6 rings (SSSR count). The van der Waals surface area contributed by atoms with Gasteiger partial charge in [-0.05, 0) is 183 Å². The van der Waals surface area contributed by atoms with Gasteiger partial charge in [-0.1, -0.05) is 55.4 Å². The molecule has 4 fully saturated rings. The zero-order valence-electron chi connectivity index (χ0n) is 39.8. The first-order valence-corrected chi connectivity index (χ1v) is 22.7. The molecular weight excluding hydrogens is 725 g/mol. The van der Waals surface area contributed by atoms with Gasteiger partial charge in [0, 0.05) is 7.11 Å². The van der Waals surface area contributed by atoms with Gasteiger partial charge in [-0.15, -0.1) is 0 Å². The van der Waals surface area contributed by atoms with Gasteiger partial charge >= 0.3 is 0 Å². The van der Waals surface area contributed by atoms with E-state index < -0.39 is 6.10 Å². The zero-order chi connectivity index (χ0) is 43.1. The largest absolute Gasteiger partial charge is 0.490 e. The molecule has 2 aliphatic heterocycles. The van der Waals surface area contributed by atoms with E-state index in [-0.39, 0.29) is 12.2 Å². The van der Waals surface area contributed by atoms with Crippen molar-refractivity contribution in [3.8, 4) is 5.75 Å². The Kier molecular flexibility index (Phi) is 15.7. The van der Waals surface area contributed by atoms with Crippen LogP contribution in [0.25, 0.3) is 0 Å². The van der Waals surface area contributed by atoms with Crippen LogP contribution in [0.1, 0.15) is 128 Å². The van der Waals surface area contributed by atoms with E-state index in [9.17, 15) is 5.11 Å². The third-order valence-electron chi connectivity index (χ3n) is 16.5. The average Bonchev–Trinajstić information content (AvgIpc) is 4.14. The van der Waals surface area contributed by atoms with Crippen molar-refractivity contribution in [3.05, 3.63) is 61.2 Å². The predicted molar refractivity (Wildman–Crippen MR) is 237 cm³/mol. The maximum atomic E-state index is 10.1. The summed E-state index contributed by atoms with van der Waals surface area (Å²) in [6.45, 7) is 43.3. The summed E-state index contributed by atoms with van der Waals surface area (Å²) in [5.41, 5.74) is 15.8. The Morgan fingerprint density at radius 2 is 0.828 bits per heavy atom. The van der Waals surface area contributed by atoms with E-state index in [1.165, 1.54) is 55.6 Å². The lowest BCUT2D eigenvalue weighted by Crippen LogP contribution is -2.47. The fraction of sp³-hybridized carbons (Fsp3) is 0.765. The van der Waals surface area contributed by atoms with Crippen molar-refractivity contribution in [1.82, 2.24) is 0 Å². The van der Waals surface area contributed by atoms with Gasteiger partial charge in [-0.2, -0.15) is 0 Å². The molecule has 0 amide bonds. The van der Waals surface area contributed by atoms with Gasteiger partial charge in [-0.3, -0.25) is 0 Å². The van der Waals surface area contributed by atoms with Crippen LogP contribution < -0.4 is 4.74 Å². The molecule has 2 aromatic carbocycles. The van der Waals surface area contributed by atoms with E-state index in [1.807, 2.05) is 0 Å². The average molecular weight is 807 g/mol. The van der Waals surface area contributed by atoms with Crippen LogP contribution in [-0.4, -0.2) is 82.4 Å². The topological polar surface area (TPSA) is 82.2 Å². The summed E-state index contributed by atoms with van der Waals surface area (Å²) in [6.07, 6.45) is 0.504. The van der Waals surface area contributed by atoms with Crippen molar-refractivity contribution in [2.45, 2.75) is 160 Å². The quantitative estimate of drug-likeness (QED) is 0.202. The first kappa shape index (κ1) is 47.1. The second-order valence-corrected chi connectivity index (χ2v) is 19.6. The number of aliphatic hydroxyl groups excluding tert-OH is 1. The Balaban J connectivity index is 0.000000226. The number of rotatable bonds is 13. The maximum Gasteiger partial charge on any atom is 0.125 e. The van der Waals surface area contributed by atoms with Crippen LogP contribution in [0, 0.1) is 110 Å². The molecule has 2 aromatic rings. The van der Waals surface area contributed by atoms with E-state index in [2.05, 4.69) is 118 Å². The van der Waals surface area contributed by atoms with Gasteiger partial charge in [0.05, 0.1) is 45.2 Å². The molecule has 58 heavy (non-hydrogen) atoms. The van der Waals surface area contributed by atoms with Crippen molar-refractivity contribution in [3.63, 3.8) is 0 Å². The highest BCUT2D eigenvalue weighted by Crippen LogP contribution is 2.53. The molecule has 11 atom stereocenters. The minimum atomic E-state index is -0.578. The molecule has 2 saturated carbocycles. The monoisotopic (exact) mass is 807 g/mol. The number of ether oxygens (including phenoxy) is 6. The SMILES string of the molecule is COCC(O)COC1C(C)C(C)C(c2c(C)c(C)c(OCC3CO3)c(C)c2C)C(C)C1C.Cc1c(C)c(C)c(C2C(C)C(C)C(OCC3CO3)C(C)C2C)c(C)c1C. The van der Waals surface area contributed by atoms with Crippen molar-refractivity contribution in [2.75, 3.05) is 46.8 Å². The van der Waals surface area contributed by atoms with Crippen molar-refractivity contribution >= 4 is 0 Å². The molecule has 328 valence electrons. The standard InChI is InChI=1S/C27H44O5.C24H38O2/c1-14-18(5)26(31-11-22(28)10-29-9)19(6)15(2)24(14)25-16(3)20(7)27(21(8)17(25)4)32-13-23-12-30-23;1-12-13(2)15(4)22(16(5)14(12)3)23-17(6)19(8)24(20(9)18(23)7)26-11-21-10-25-21/h14-15,18-19,22-24,26,28H,10-13H2,1-9H3;17-21,23-24H,10-11H2,1-9H3. The molecule has 0 aromatic heterocycles. The number of epoxide rings is 2. The van der Waals surface area contributed by atoms with E-state index in [0.29, 0.717) is 91.2 Å². The summed E-state index contributed by atoms with van der Waals surface area (Å²) in [5, 5.41) is 10.1. The van der Waals surface area contributed by atoms with Crippen molar-refractivity contribution in [2.24, 2.45) is 47.3 Å². The van der Waals surface area contributed by atoms with Crippen molar-refractivity contribution < 1.29 is 33.5 Å². The highest BCUT2D eigenvalue weighted by molar-refractivity contribution is 5.56. The third-order valence-corrected chi connectivity index (χ3v) is 16.5. The van der Waals surface area contributed by atoms with Crippen LogP contribution in [0.4, 0.5) is 0 Å². The molecule has 0 spiro atoms. The summed E-state index contributed by atoms with van der Waals surface area (Å²) < 4.78 is 34.6. The highest BCUT2D eigenvalue weighted by atomic mass is 16.6. The summed E-state index contributed by atoms with van der Waals surface area (Å²) in [6, 6.07) is 0. The molecule has 2 saturated heterocycles. The number of hydrogen-bond acceptors (Lipinski definition) is 7. The molecule has 0 bridgehead atoms. The van der Waals surface area contributed by atoms with Gasteiger partial charge in [0.25, 0.3) is 0 Å². The number of methoxy groups -OCH3 is 1. The Labute approximate surface area is 353 Å². The van der Waals surface area contributed by atoms with Crippen LogP contribution in [0.15, 0.2) is 0 Å². The minimum absolute atomic E-state index is 0.131. The molecule has 4 aliphatic rings. The van der Waals surface area contributed by atoms with Gasteiger partial charge in [0.15, 0.2) is 0 Å². The summed E-state index contributed by atoms with van der Waals surface area (Å²) in [5.74, 6) is 6.17. The summed E-state index contributed by atoms with van der Waals surface area (Å²) in [4.78, 5) is 0. The third kappa shape index (κ3) is 9.55. The highest BCUT2D eigenvalue weighted by Gasteiger charge is 2.47. The predicted octanol–water partition coefficient (Wildman–Crippen LogP) is 10.4. The number of benzene rings is 2. The van der Waals surface area contributed by atoms with Crippen LogP contribution in [-0.2, 0) is 23.7 Å². The van der Waals surface area contributed by atoms with Crippen LogP contribution in [0.5, 0.6) is 5.75 Å². The smallest absolute Gasteiger partial charge is 0.125 e. The number of hydrogen-bond donors (Lipinski definition) is 1. The molecule has 2 heterocycles. The fourth-order valence-corrected chi connectivity index (χ4v) is 11.3. The van der Waals surface area contributed by atoms with Gasteiger partial charge in [-0.25, -0.2) is 0 Å². The molecule has 11 unspecified atom stereocenters. The molecular formula is C51H82O7. The summed E-state index contributed by atoms with van der Waals surface area (Å²) in [7, 11) is 1.61. The minimum Gasteiger partial charge on any atom is -0.490 e. The first-order valence-electron chi connectivity index (χ1n) is 22.7. The molecule has 7 heteroatoms. The second-order valence-electron chi connectivity index (χ2n) is 19.6. The van der Waals surface area contributed by atoms with Crippen LogP contribution in [0.3, 0.4) is 0 Å². The molecule has 7 nitrogen and oxygen atoms in total.